The predicted octanol–water partition coefficient (Wildman–Crippen LogP) is 1.10. The van der Waals surface area contributed by atoms with Crippen molar-refractivity contribution in [3.05, 3.63) is 0 Å². The van der Waals surface area contributed by atoms with Crippen molar-refractivity contribution >= 4 is 0 Å². The van der Waals surface area contributed by atoms with Crippen LogP contribution in [0, 0.1) is 5.92 Å². The molecule has 1 atom stereocenters. The maximum atomic E-state index is 8.83. The number of rotatable bonds is 5. The van der Waals surface area contributed by atoms with E-state index < -0.39 is 0 Å². The summed E-state index contributed by atoms with van der Waals surface area (Å²) >= 11 is 0. The standard InChI is InChI=1S/C9H22NO/c1-5-10(4,6-7-11)8-9(2)3/h9,11H,5-8H2,1-4H3/q+1. The van der Waals surface area contributed by atoms with Crippen molar-refractivity contribution in [3.63, 3.8) is 0 Å². The Morgan fingerprint density at radius 2 is 1.91 bits per heavy atom. The third-order valence-electron chi connectivity index (χ3n) is 2.21. The summed E-state index contributed by atoms with van der Waals surface area (Å²) in [5, 5.41) is 8.83. The van der Waals surface area contributed by atoms with Crippen molar-refractivity contribution in [2.24, 2.45) is 5.92 Å². The molecule has 0 saturated carbocycles. The predicted molar refractivity (Wildman–Crippen MR) is 48.4 cm³/mol. The largest absolute Gasteiger partial charge is 0.391 e. The second-order valence-electron chi connectivity index (χ2n) is 3.96. The highest BCUT2D eigenvalue weighted by molar-refractivity contribution is 4.43. The minimum absolute atomic E-state index is 0.303. The van der Waals surface area contributed by atoms with Crippen molar-refractivity contribution in [2.45, 2.75) is 20.8 Å². The summed E-state index contributed by atoms with van der Waals surface area (Å²) in [4.78, 5) is 0. The zero-order valence-electron chi connectivity index (χ0n) is 8.30. The van der Waals surface area contributed by atoms with Crippen LogP contribution >= 0.6 is 0 Å². The number of quaternary nitrogens is 1. The lowest BCUT2D eigenvalue weighted by Gasteiger charge is -2.34. The van der Waals surface area contributed by atoms with Crippen molar-refractivity contribution in [1.82, 2.24) is 0 Å². The Kier molecular flexibility index (Phi) is 4.69. The molecule has 1 unspecified atom stereocenters. The van der Waals surface area contributed by atoms with Crippen LogP contribution in [0.5, 0.6) is 0 Å². The molecule has 0 saturated heterocycles. The van der Waals surface area contributed by atoms with E-state index in [0.29, 0.717) is 12.5 Å². The molecule has 0 amide bonds. The van der Waals surface area contributed by atoms with Gasteiger partial charge in [0.2, 0.25) is 0 Å². The molecular weight excluding hydrogens is 138 g/mol. The molecule has 2 heteroatoms. The smallest absolute Gasteiger partial charge is 0.102 e. The fourth-order valence-corrected chi connectivity index (χ4v) is 1.50. The quantitative estimate of drug-likeness (QED) is 0.597. The van der Waals surface area contributed by atoms with Gasteiger partial charge in [0.05, 0.1) is 26.7 Å². The number of nitrogens with zero attached hydrogens (tertiary/aromatic N) is 1. The summed E-state index contributed by atoms with van der Waals surface area (Å²) < 4.78 is 0.994. The second kappa shape index (κ2) is 4.73. The first-order valence-electron chi connectivity index (χ1n) is 4.48. The monoisotopic (exact) mass is 160 g/mol. The fourth-order valence-electron chi connectivity index (χ4n) is 1.50. The van der Waals surface area contributed by atoms with Gasteiger partial charge in [-0.1, -0.05) is 13.8 Å². The topological polar surface area (TPSA) is 20.2 Å². The van der Waals surface area contributed by atoms with Crippen molar-refractivity contribution in [1.29, 1.82) is 0 Å². The van der Waals surface area contributed by atoms with Gasteiger partial charge in [0.1, 0.15) is 6.54 Å². The van der Waals surface area contributed by atoms with E-state index in [9.17, 15) is 0 Å². The molecule has 0 heterocycles. The Bertz CT molecular complexity index is 104. The molecule has 0 radical (unpaired) electrons. The summed E-state index contributed by atoms with van der Waals surface area (Å²) in [6.07, 6.45) is 0. The molecule has 0 aliphatic heterocycles. The highest BCUT2D eigenvalue weighted by Gasteiger charge is 2.19. The number of hydrogen-bond acceptors (Lipinski definition) is 1. The average Bonchev–Trinajstić information content (AvgIpc) is 1.87. The molecule has 0 aliphatic carbocycles. The van der Waals surface area contributed by atoms with Crippen LogP contribution in [0.3, 0.4) is 0 Å². The first kappa shape index (κ1) is 10.9. The highest BCUT2D eigenvalue weighted by Crippen LogP contribution is 2.06. The third-order valence-corrected chi connectivity index (χ3v) is 2.21. The van der Waals surface area contributed by atoms with Crippen LogP contribution < -0.4 is 0 Å². The van der Waals surface area contributed by atoms with E-state index in [1.54, 1.807) is 0 Å². The van der Waals surface area contributed by atoms with Gasteiger partial charge in [0.25, 0.3) is 0 Å². The Balaban J connectivity index is 3.87. The molecule has 0 fully saturated rings. The van der Waals surface area contributed by atoms with Crippen LogP contribution in [0.15, 0.2) is 0 Å². The van der Waals surface area contributed by atoms with Gasteiger partial charge in [-0.2, -0.15) is 0 Å². The Labute approximate surface area is 70.4 Å². The molecule has 0 aromatic rings. The maximum Gasteiger partial charge on any atom is 0.102 e. The SMILES string of the molecule is CC[N+](C)(CCO)CC(C)C. The zero-order valence-corrected chi connectivity index (χ0v) is 8.30. The summed E-state index contributed by atoms with van der Waals surface area (Å²) in [7, 11) is 2.20. The molecule has 0 aliphatic rings. The number of aliphatic hydroxyl groups is 1. The van der Waals surface area contributed by atoms with Crippen LogP contribution in [0.25, 0.3) is 0 Å². The summed E-state index contributed by atoms with van der Waals surface area (Å²) in [6, 6.07) is 0. The van der Waals surface area contributed by atoms with Gasteiger partial charge in [-0.3, -0.25) is 0 Å². The van der Waals surface area contributed by atoms with Gasteiger partial charge in [0, 0.05) is 5.92 Å². The average molecular weight is 160 g/mol. The lowest BCUT2D eigenvalue weighted by molar-refractivity contribution is -0.910. The molecule has 68 valence electrons. The van der Waals surface area contributed by atoms with Crippen molar-refractivity contribution < 1.29 is 9.59 Å². The minimum Gasteiger partial charge on any atom is -0.391 e. The van der Waals surface area contributed by atoms with Gasteiger partial charge in [-0.25, -0.2) is 0 Å². The number of aliphatic hydroxyl groups excluding tert-OH is 1. The minimum atomic E-state index is 0.303. The first-order chi connectivity index (χ1) is 5.04. The molecule has 11 heavy (non-hydrogen) atoms. The van der Waals surface area contributed by atoms with E-state index in [1.165, 1.54) is 0 Å². The molecule has 0 aromatic carbocycles. The van der Waals surface area contributed by atoms with Gasteiger partial charge in [-0.05, 0) is 6.92 Å². The van der Waals surface area contributed by atoms with Crippen molar-refractivity contribution in [2.75, 3.05) is 33.3 Å². The highest BCUT2D eigenvalue weighted by atomic mass is 16.3. The molecular formula is C9H22NO+. The van der Waals surface area contributed by atoms with E-state index in [0.717, 1.165) is 24.1 Å². The van der Waals surface area contributed by atoms with E-state index >= 15 is 0 Å². The van der Waals surface area contributed by atoms with E-state index in [2.05, 4.69) is 27.8 Å². The van der Waals surface area contributed by atoms with Crippen LogP contribution in [0.1, 0.15) is 20.8 Å². The molecule has 1 N–H and O–H groups in total. The maximum absolute atomic E-state index is 8.83. The van der Waals surface area contributed by atoms with E-state index in [4.69, 9.17) is 5.11 Å². The van der Waals surface area contributed by atoms with E-state index in [-0.39, 0.29) is 0 Å². The molecule has 0 aromatic heterocycles. The van der Waals surface area contributed by atoms with Crippen LogP contribution in [0.4, 0.5) is 0 Å². The Morgan fingerprint density at radius 3 is 2.18 bits per heavy atom. The van der Waals surface area contributed by atoms with Crippen LogP contribution in [-0.2, 0) is 0 Å². The number of hydrogen-bond donors (Lipinski definition) is 1. The van der Waals surface area contributed by atoms with E-state index in [1.807, 2.05) is 0 Å². The second-order valence-corrected chi connectivity index (χ2v) is 3.96. The Morgan fingerprint density at radius 1 is 1.36 bits per heavy atom. The molecule has 2 nitrogen and oxygen atoms in total. The summed E-state index contributed by atoms with van der Waals surface area (Å²) in [5.41, 5.74) is 0. The first-order valence-corrected chi connectivity index (χ1v) is 4.48. The lowest BCUT2D eigenvalue weighted by Crippen LogP contribution is -2.48. The summed E-state index contributed by atoms with van der Waals surface area (Å²) in [5.74, 6) is 0.714. The van der Waals surface area contributed by atoms with Gasteiger partial charge >= 0.3 is 0 Å². The van der Waals surface area contributed by atoms with Gasteiger partial charge in [0.15, 0.2) is 0 Å². The van der Waals surface area contributed by atoms with Gasteiger partial charge in [-0.15, -0.1) is 0 Å². The summed E-state index contributed by atoms with van der Waals surface area (Å²) in [6.45, 7) is 10.1. The molecule has 0 bridgehead atoms. The van der Waals surface area contributed by atoms with Crippen LogP contribution in [-0.4, -0.2) is 42.9 Å². The fraction of sp³-hybridized carbons (Fsp3) is 1.00. The zero-order chi connectivity index (χ0) is 8.91. The molecule has 0 rings (SSSR count). The lowest BCUT2D eigenvalue weighted by atomic mass is 10.2. The Hall–Kier alpha value is -0.0800. The van der Waals surface area contributed by atoms with Crippen molar-refractivity contribution in [3.8, 4) is 0 Å². The van der Waals surface area contributed by atoms with Crippen LogP contribution in [0.2, 0.25) is 0 Å². The number of likely N-dealkylation sites (N-methyl/N-ethyl adjacent to an activating group) is 1. The normalized spacial score (nSPS) is 16.9. The third kappa shape index (κ3) is 4.38. The molecule has 0 spiro atoms. The van der Waals surface area contributed by atoms with Gasteiger partial charge < -0.3 is 9.59 Å².